The summed E-state index contributed by atoms with van der Waals surface area (Å²) < 4.78 is 0. The maximum atomic E-state index is 11.3. The molecule has 86 valence electrons. The Morgan fingerprint density at radius 2 is 2.19 bits per heavy atom. The Morgan fingerprint density at radius 3 is 2.75 bits per heavy atom. The molecule has 0 spiro atoms. The van der Waals surface area contributed by atoms with Crippen molar-refractivity contribution in [3.8, 4) is 0 Å². The van der Waals surface area contributed by atoms with E-state index in [9.17, 15) is 9.59 Å². The number of hydrogen-bond acceptors (Lipinski definition) is 3. The van der Waals surface area contributed by atoms with Crippen molar-refractivity contribution < 1.29 is 9.59 Å². The van der Waals surface area contributed by atoms with Gasteiger partial charge < -0.3 is 11.1 Å². The predicted molar refractivity (Wildman–Crippen MR) is 63.8 cm³/mol. The minimum absolute atomic E-state index is 0.0523. The van der Waals surface area contributed by atoms with E-state index in [2.05, 4.69) is 5.32 Å². The second-order valence-corrected chi connectivity index (χ2v) is 3.97. The van der Waals surface area contributed by atoms with Gasteiger partial charge in [0.05, 0.1) is 6.54 Å². The molecular formula is C11H13ClN2O2. The summed E-state index contributed by atoms with van der Waals surface area (Å²) in [5.74, 6) is -0.478. The van der Waals surface area contributed by atoms with Crippen molar-refractivity contribution in [1.29, 1.82) is 0 Å². The minimum atomic E-state index is -0.617. The van der Waals surface area contributed by atoms with Crippen LogP contribution in [0.5, 0.6) is 0 Å². The Labute approximate surface area is 98.8 Å². The number of anilines is 1. The average molecular weight is 241 g/mol. The number of nitrogens with two attached hydrogens (primary N) is 1. The Hall–Kier alpha value is -1.39. The van der Waals surface area contributed by atoms with E-state index in [1.165, 1.54) is 0 Å². The van der Waals surface area contributed by atoms with Gasteiger partial charge in [-0.1, -0.05) is 12.1 Å². The van der Waals surface area contributed by atoms with Crippen LogP contribution >= 0.6 is 11.6 Å². The molecule has 1 unspecified atom stereocenters. The number of Topliss-reactive ketones (excluding diaryl/α,β-unsaturated/α-hetero) is 1. The van der Waals surface area contributed by atoms with Crippen LogP contribution in [-0.2, 0) is 4.79 Å². The molecule has 0 radical (unpaired) electrons. The number of carbonyl (C=O) groups excluding carboxylic acids is 2. The van der Waals surface area contributed by atoms with Crippen LogP contribution in [0.3, 0.4) is 0 Å². The number of nitrogens with one attached hydrogen (secondary N) is 1. The smallest absolute Gasteiger partial charge is 0.242 e. The molecule has 0 aliphatic carbocycles. The summed E-state index contributed by atoms with van der Waals surface area (Å²) in [6, 6.07) is 6.59. The lowest BCUT2D eigenvalue weighted by atomic mass is 10.1. The Morgan fingerprint density at radius 1 is 1.50 bits per heavy atom. The van der Waals surface area contributed by atoms with E-state index >= 15 is 0 Å². The summed E-state index contributed by atoms with van der Waals surface area (Å²) in [6.07, 6.45) is 0. The van der Waals surface area contributed by atoms with Gasteiger partial charge in [-0.15, -0.1) is 11.6 Å². The molecule has 0 bridgehead atoms. The molecule has 0 aromatic heterocycles. The average Bonchev–Trinajstić information content (AvgIpc) is 2.28. The first-order chi connectivity index (χ1) is 7.54. The highest BCUT2D eigenvalue weighted by molar-refractivity contribution is 6.32. The van der Waals surface area contributed by atoms with Crippen molar-refractivity contribution in [2.45, 2.75) is 12.3 Å². The van der Waals surface area contributed by atoms with Crippen LogP contribution in [0, 0.1) is 0 Å². The minimum Gasteiger partial charge on any atom is -0.325 e. The second-order valence-electron chi connectivity index (χ2n) is 3.31. The molecule has 0 saturated heterocycles. The lowest BCUT2D eigenvalue weighted by molar-refractivity contribution is -0.115. The van der Waals surface area contributed by atoms with Gasteiger partial charge in [0.2, 0.25) is 5.91 Å². The van der Waals surface area contributed by atoms with Gasteiger partial charge in [-0.3, -0.25) is 9.59 Å². The summed E-state index contributed by atoms with van der Waals surface area (Å²) in [6.45, 7) is 1.52. The lowest BCUT2D eigenvalue weighted by Crippen LogP contribution is -2.20. The third-order valence-corrected chi connectivity index (χ3v) is 2.20. The summed E-state index contributed by atoms with van der Waals surface area (Å²) in [5, 5.41) is 1.98. The number of benzene rings is 1. The monoisotopic (exact) mass is 240 g/mol. The largest absolute Gasteiger partial charge is 0.325 e. The van der Waals surface area contributed by atoms with Crippen molar-refractivity contribution in [2.24, 2.45) is 5.73 Å². The molecule has 0 fully saturated rings. The Balaban J connectivity index is 2.83. The van der Waals surface area contributed by atoms with E-state index in [1.807, 2.05) is 0 Å². The van der Waals surface area contributed by atoms with E-state index in [1.54, 1.807) is 31.2 Å². The highest BCUT2D eigenvalue weighted by Crippen LogP contribution is 2.12. The van der Waals surface area contributed by atoms with Gasteiger partial charge in [-0.05, 0) is 19.1 Å². The number of amides is 1. The SMILES string of the molecule is CC(Cl)C(=O)Nc1cccc(C(=O)CN)c1. The lowest BCUT2D eigenvalue weighted by Gasteiger charge is -2.07. The van der Waals surface area contributed by atoms with E-state index in [0.29, 0.717) is 11.3 Å². The molecule has 1 amide bonds. The van der Waals surface area contributed by atoms with Crippen molar-refractivity contribution in [3.63, 3.8) is 0 Å². The fourth-order valence-corrected chi connectivity index (χ4v) is 1.18. The molecule has 0 heterocycles. The van der Waals surface area contributed by atoms with Gasteiger partial charge in [0.1, 0.15) is 5.38 Å². The zero-order valence-corrected chi connectivity index (χ0v) is 9.62. The topological polar surface area (TPSA) is 72.2 Å². The molecule has 0 aliphatic rings. The van der Waals surface area contributed by atoms with E-state index < -0.39 is 5.38 Å². The van der Waals surface area contributed by atoms with Gasteiger partial charge in [0, 0.05) is 11.3 Å². The molecule has 16 heavy (non-hydrogen) atoms. The summed E-state index contributed by atoms with van der Waals surface area (Å²) in [7, 11) is 0. The van der Waals surface area contributed by atoms with Crippen LogP contribution in [-0.4, -0.2) is 23.6 Å². The first kappa shape index (κ1) is 12.7. The second kappa shape index (κ2) is 5.63. The molecule has 1 rings (SSSR count). The zero-order chi connectivity index (χ0) is 12.1. The number of halogens is 1. The molecule has 1 atom stereocenters. The van der Waals surface area contributed by atoms with Crippen LogP contribution < -0.4 is 11.1 Å². The van der Waals surface area contributed by atoms with Crippen LogP contribution in [0.2, 0.25) is 0 Å². The van der Waals surface area contributed by atoms with Crippen LogP contribution in [0.15, 0.2) is 24.3 Å². The van der Waals surface area contributed by atoms with Crippen molar-refractivity contribution in [3.05, 3.63) is 29.8 Å². The van der Waals surface area contributed by atoms with Gasteiger partial charge in [0.25, 0.3) is 0 Å². The van der Waals surface area contributed by atoms with Crippen molar-refractivity contribution in [2.75, 3.05) is 11.9 Å². The molecule has 1 aromatic rings. The van der Waals surface area contributed by atoms with Gasteiger partial charge in [-0.25, -0.2) is 0 Å². The van der Waals surface area contributed by atoms with Crippen molar-refractivity contribution in [1.82, 2.24) is 0 Å². The maximum Gasteiger partial charge on any atom is 0.242 e. The summed E-state index contributed by atoms with van der Waals surface area (Å²) in [4.78, 5) is 22.6. The molecule has 3 N–H and O–H groups in total. The van der Waals surface area contributed by atoms with Gasteiger partial charge in [-0.2, -0.15) is 0 Å². The third-order valence-electron chi connectivity index (χ3n) is 2.00. The molecule has 0 saturated carbocycles. The van der Waals surface area contributed by atoms with Gasteiger partial charge >= 0.3 is 0 Å². The third kappa shape index (κ3) is 3.32. The first-order valence-electron chi connectivity index (χ1n) is 4.83. The number of ketones is 1. The summed E-state index contributed by atoms with van der Waals surface area (Å²) >= 11 is 5.61. The maximum absolute atomic E-state index is 11.3. The zero-order valence-electron chi connectivity index (χ0n) is 8.87. The van der Waals surface area contributed by atoms with Crippen molar-refractivity contribution >= 4 is 29.0 Å². The molecule has 0 aliphatic heterocycles. The fourth-order valence-electron chi connectivity index (χ4n) is 1.13. The van der Waals surface area contributed by atoms with Crippen LogP contribution in [0.1, 0.15) is 17.3 Å². The standard InChI is InChI=1S/C11H13ClN2O2/c1-7(12)11(16)14-9-4-2-3-8(5-9)10(15)6-13/h2-5,7H,6,13H2,1H3,(H,14,16). The predicted octanol–water partition coefficient (Wildman–Crippen LogP) is 1.39. The number of hydrogen-bond donors (Lipinski definition) is 2. The number of rotatable bonds is 4. The Kier molecular flexibility index (Phi) is 4.46. The highest BCUT2D eigenvalue weighted by atomic mass is 35.5. The Bertz CT molecular complexity index is 405. The van der Waals surface area contributed by atoms with E-state index in [-0.39, 0.29) is 18.2 Å². The number of alkyl halides is 1. The van der Waals surface area contributed by atoms with E-state index in [4.69, 9.17) is 17.3 Å². The fraction of sp³-hybridized carbons (Fsp3) is 0.273. The van der Waals surface area contributed by atoms with Crippen LogP contribution in [0.4, 0.5) is 5.69 Å². The molecule has 4 nitrogen and oxygen atoms in total. The van der Waals surface area contributed by atoms with E-state index in [0.717, 1.165) is 0 Å². The van der Waals surface area contributed by atoms with Gasteiger partial charge in [0.15, 0.2) is 5.78 Å². The molecular weight excluding hydrogens is 228 g/mol. The van der Waals surface area contributed by atoms with Crippen LogP contribution in [0.25, 0.3) is 0 Å². The highest BCUT2D eigenvalue weighted by Gasteiger charge is 2.10. The first-order valence-corrected chi connectivity index (χ1v) is 5.26. The summed E-state index contributed by atoms with van der Waals surface area (Å²) in [5.41, 5.74) is 6.26. The molecule has 1 aromatic carbocycles. The normalized spacial score (nSPS) is 11.9. The number of carbonyl (C=O) groups is 2. The quantitative estimate of drug-likeness (QED) is 0.617. The molecule has 5 heteroatoms.